The normalized spacial score (nSPS) is 18.5. The van der Waals surface area contributed by atoms with Crippen LogP contribution < -0.4 is 15.9 Å². The Bertz CT molecular complexity index is 1040. The molecular weight excluding hydrogens is 375 g/mol. The standard InChI is InChI=1S/C18H14ClFN4OS/c1-2-26-18-22-17(25)15-10-6-3-4-9-13(10)21-16(24(15)23-18)14-11(19)7-5-8-12(14)20/h3-9,16H,2H2,1H3,(H,22,23,25)/t16-/m0/s1. The van der Waals surface area contributed by atoms with Gasteiger partial charge in [0.15, 0.2) is 11.3 Å². The average Bonchev–Trinajstić information content (AvgIpc) is 2.61. The first-order chi connectivity index (χ1) is 12.6. The molecule has 132 valence electrons. The fourth-order valence-electron chi connectivity index (χ4n) is 2.97. The Balaban J connectivity index is 2.00. The van der Waals surface area contributed by atoms with E-state index in [2.05, 4.69) is 15.4 Å². The molecule has 1 N–H and O–H groups in total. The maximum atomic E-state index is 14.6. The van der Waals surface area contributed by atoms with Gasteiger partial charge in [0.25, 0.3) is 5.91 Å². The second-order valence-corrected chi connectivity index (χ2v) is 7.30. The number of amides is 1. The van der Waals surface area contributed by atoms with Crippen molar-refractivity contribution in [2.45, 2.75) is 13.1 Å². The quantitative estimate of drug-likeness (QED) is 0.859. The lowest BCUT2D eigenvalue weighted by Gasteiger charge is -2.34. The van der Waals surface area contributed by atoms with Crippen molar-refractivity contribution in [3.63, 3.8) is 0 Å². The van der Waals surface area contributed by atoms with Gasteiger partial charge in [0.2, 0.25) is 0 Å². The van der Waals surface area contributed by atoms with Crippen molar-refractivity contribution in [3.05, 3.63) is 69.4 Å². The van der Waals surface area contributed by atoms with E-state index in [0.29, 0.717) is 21.4 Å². The molecule has 0 fully saturated rings. The molecule has 8 heteroatoms. The van der Waals surface area contributed by atoms with Crippen LogP contribution >= 0.6 is 23.4 Å². The summed E-state index contributed by atoms with van der Waals surface area (Å²) in [6.07, 6.45) is -0.855. The number of nitrogens with zero attached hydrogens (tertiary/aromatic N) is 3. The van der Waals surface area contributed by atoms with Crippen LogP contribution in [0.15, 0.2) is 52.6 Å². The van der Waals surface area contributed by atoms with Crippen LogP contribution in [0, 0.1) is 5.82 Å². The number of rotatable bonds is 2. The zero-order chi connectivity index (χ0) is 18.3. The summed E-state index contributed by atoms with van der Waals surface area (Å²) in [5.41, 5.74) is 0.529. The van der Waals surface area contributed by atoms with Crippen molar-refractivity contribution < 1.29 is 9.18 Å². The molecule has 5 nitrogen and oxygen atoms in total. The summed E-state index contributed by atoms with van der Waals surface area (Å²) in [5.74, 6) is -0.0483. The lowest BCUT2D eigenvalue weighted by Crippen LogP contribution is -2.50. The zero-order valence-electron chi connectivity index (χ0n) is 13.7. The lowest BCUT2D eigenvalue weighted by molar-refractivity contribution is -0.116. The highest BCUT2D eigenvalue weighted by Crippen LogP contribution is 2.35. The molecule has 0 saturated heterocycles. The molecule has 26 heavy (non-hydrogen) atoms. The van der Waals surface area contributed by atoms with Crippen LogP contribution in [-0.4, -0.2) is 21.8 Å². The number of benzene rings is 2. The second-order valence-electron chi connectivity index (χ2n) is 5.64. The monoisotopic (exact) mass is 388 g/mol. The Kier molecular flexibility index (Phi) is 4.42. The molecule has 2 aromatic rings. The number of nitrogens with one attached hydrogen (secondary N) is 1. The number of fused-ring (bicyclic) bond motifs is 2. The van der Waals surface area contributed by atoms with Gasteiger partial charge in [-0.15, -0.1) is 5.10 Å². The van der Waals surface area contributed by atoms with Crippen molar-refractivity contribution in [3.8, 4) is 0 Å². The van der Waals surface area contributed by atoms with Crippen molar-refractivity contribution >= 4 is 40.1 Å². The van der Waals surface area contributed by atoms with Crippen molar-refractivity contribution in [1.82, 2.24) is 10.3 Å². The summed E-state index contributed by atoms with van der Waals surface area (Å²) in [7, 11) is 0. The summed E-state index contributed by atoms with van der Waals surface area (Å²) >= 11 is 7.66. The summed E-state index contributed by atoms with van der Waals surface area (Å²) < 4.78 is 14.6. The predicted octanol–water partition coefficient (Wildman–Crippen LogP) is 2.38. The van der Waals surface area contributed by atoms with E-state index in [0.717, 1.165) is 5.75 Å². The molecule has 0 aliphatic carbocycles. The maximum Gasteiger partial charge on any atom is 0.276 e. The first kappa shape index (κ1) is 17.1. The van der Waals surface area contributed by atoms with Crippen molar-refractivity contribution in [2.75, 3.05) is 5.75 Å². The van der Waals surface area contributed by atoms with Gasteiger partial charge in [0.1, 0.15) is 11.5 Å². The number of carbonyl (C=O) groups is 1. The molecular formula is C18H14ClFN4OS. The summed E-state index contributed by atoms with van der Waals surface area (Å²) in [6.45, 7) is 1.96. The van der Waals surface area contributed by atoms with Gasteiger partial charge < -0.3 is 0 Å². The Morgan fingerprint density at radius 3 is 2.85 bits per heavy atom. The van der Waals surface area contributed by atoms with E-state index in [1.807, 2.05) is 19.1 Å². The Labute approximate surface area is 158 Å². The molecule has 1 amide bonds. The highest BCUT2D eigenvalue weighted by molar-refractivity contribution is 8.13. The molecule has 4 rings (SSSR count). The van der Waals surface area contributed by atoms with Gasteiger partial charge in [-0.25, -0.2) is 9.40 Å². The second kappa shape index (κ2) is 6.74. The van der Waals surface area contributed by atoms with Crippen LogP contribution in [0.1, 0.15) is 18.7 Å². The Morgan fingerprint density at radius 1 is 1.27 bits per heavy atom. The van der Waals surface area contributed by atoms with E-state index in [1.165, 1.54) is 28.9 Å². The molecule has 0 unspecified atom stereocenters. The molecule has 1 atom stereocenters. The van der Waals surface area contributed by atoms with E-state index in [1.54, 1.807) is 18.2 Å². The van der Waals surface area contributed by atoms with E-state index in [9.17, 15) is 9.18 Å². The minimum absolute atomic E-state index is 0.195. The SMILES string of the molecule is CCSC1=NN2C(=c3ccccc3=N[C@@H]2c2c(F)cccc2Cl)C(=O)N1. The molecule has 2 aromatic carbocycles. The third-order valence-corrected chi connectivity index (χ3v) is 5.13. The summed E-state index contributed by atoms with van der Waals surface area (Å²) in [4.78, 5) is 17.4. The summed E-state index contributed by atoms with van der Waals surface area (Å²) in [5, 5.41) is 10.7. The smallest absolute Gasteiger partial charge is 0.276 e. The highest BCUT2D eigenvalue weighted by Gasteiger charge is 2.36. The minimum atomic E-state index is -0.855. The van der Waals surface area contributed by atoms with Crippen LogP contribution in [0.25, 0.3) is 5.70 Å². The van der Waals surface area contributed by atoms with Crippen LogP contribution in [0.4, 0.5) is 4.39 Å². The minimum Gasteiger partial charge on any atom is -0.298 e. The van der Waals surface area contributed by atoms with Crippen LogP contribution in [0.3, 0.4) is 0 Å². The molecule has 0 aromatic heterocycles. The molecule has 2 heterocycles. The van der Waals surface area contributed by atoms with Crippen LogP contribution in [-0.2, 0) is 4.79 Å². The molecule has 0 bridgehead atoms. The molecule has 2 aliphatic rings. The van der Waals surface area contributed by atoms with Crippen LogP contribution in [0.5, 0.6) is 0 Å². The third-order valence-electron chi connectivity index (χ3n) is 4.05. The predicted molar refractivity (Wildman–Crippen MR) is 100 cm³/mol. The van der Waals surface area contributed by atoms with Gasteiger partial charge in [-0.3, -0.25) is 15.1 Å². The van der Waals surface area contributed by atoms with Gasteiger partial charge in [0.05, 0.1) is 15.9 Å². The number of hydrazone groups is 1. The van der Waals surface area contributed by atoms with Gasteiger partial charge in [-0.05, 0) is 24.0 Å². The number of thioether (sulfide) groups is 1. The summed E-state index contributed by atoms with van der Waals surface area (Å²) in [6, 6.07) is 11.7. The van der Waals surface area contributed by atoms with E-state index in [-0.39, 0.29) is 16.5 Å². The van der Waals surface area contributed by atoms with Crippen LogP contribution in [0.2, 0.25) is 5.02 Å². The van der Waals surface area contributed by atoms with E-state index in [4.69, 9.17) is 11.6 Å². The number of halogens is 2. The number of hydrogen-bond donors (Lipinski definition) is 1. The molecule has 2 aliphatic heterocycles. The van der Waals surface area contributed by atoms with Gasteiger partial charge >= 0.3 is 0 Å². The Hall–Kier alpha value is -2.38. The first-order valence-corrected chi connectivity index (χ1v) is 9.39. The van der Waals surface area contributed by atoms with Crippen molar-refractivity contribution in [1.29, 1.82) is 0 Å². The molecule has 0 saturated carbocycles. The average molecular weight is 389 g/mol. The van der Waals surface area contributed by atoms with Crippen molar-refractivity contribution in [2.24, 2.45) is 10.1 Å². The Morgan fingerprint density at radius 2 is 2.08 bits per heavy atom. The van der Waals surface area contributed by atoms with E-state index >= 15 is 0 Å². The number of hydrogen-bond acceptors (Lipinski definition) is 5. The number of amidine groups is 1. The third kappa shape index (κ3) is 2.77. The highest BCUT2D eigenvalue weighted by atomic mass is 35.5. The lowest BCUT2D eigenvalue weighted by atomic mass is 10.1. The molecule has 0 radical (unpaired) electrons. The van der Waals surface area contributed by atoms with Gasteiger partial charge in [0, 0.05) is 5.22 Å². The topological polar surface area (TPSA) is 57.1 Å². The number of para-hydroxylation sites is 1. The van der Waals surface area contributed by atoms with Gasteiger partial charge in [-0.2, -0.15) is 0 Å². The fourth-order valence-corrected chi connectivity index (χ4v) is 3.82. The number of carbonyl (C=O) groups excluding carboxylic acids is 1. The largest absolute Gasteiger partial charge is 0.298 e. The van der Waals surface area contributed by atoms with Gasteiger partial charge in [-0.1, -0.05) is 54.6 Å². The molecule has 0 spiro atoms. The first-order valence-electron chi connectivity index (χ1n) is 8.03. The van der Waals surface area contributed by atoms with E-state index < -0.39 is 12.0 Å². The zero-order valence-corrected chi connectivity index (χ0v) is 15.3. The maximum absolute atomic E-state index is 14.6. The fraction of sp³-hybridized carbons (Fsp3) is 0.167.